The standard InChI is InChI=1S/C22H30N6O/c1-17-12-27(20-4-3-18(11-23)28-21(20)5-8-25-28)14-19(29-17)13-26-10-2-6-22(16-26)7-9-24-15-22/h3-5,8,17,19,24H,2,6-7,9-10,12-16H2,1H3/t17-,19+,22?/m1/s1. The predicted molar refractivity (Wildman–Crippen MR) is 112 cm³/mol. The largest absolute Gasteiger partial charge is 0.370 e. The molecule has 5 rings (SSSR count). The number of hydrogen-bond acceptors (Lipinski definition) is 6. The summed E-state index contributed by atoms with van der Waals surface area (Å²) in [5.74, 6) is 0. The molecular weight excluding hydrogens is 364 g/mol. The Morgan fingerprint density at radius 2 is 2.24 bits per heavy atom. The molecule has 2 aromatic heterocycles. The summed E-state index contributed by atoms with van der Waals surface area (Å²) < 4.78 is 8.10. The lowest BCUT2D eigenvalue weighted by Gasteiger charge is -2.44. The van der Waals surface area contributed by atoms with Crippen molar-refractivity contribution in [2.45, 2.75) is 38.4 Å². The zero-order valence-electron chi connectivity index (χ0n) is 17.2. The van der Waals surface area contributed by atoms with Crippen LogP contribution < -0.4 is 10.2 Å². The Labute approximate surface area is 172 Å². The maximum absolute atomic E-state index is 9.35. The highest BCUT2D eigenvalue weighted by atomic mass is 16.5. The minimum atomic E-state index is 0.180. The summed E-state index contributed by atoms with van der Waals surface area (Å²) in [6.45, 7) is 9.59. The Kier molecular flexibility index (Phi) is 4.94. The van der Waals surface area contributed by atoms with Gasteiger partial charge in [0.05, 0.1) is 29.6 Å². The number of ether oxygens (including phenoxy) is 1. The maximum atomic E-state index is 9.35. The van der Waals surface area contributed by atoms with Crippen LogP contribution in [0.1, 0.15) is 31.9 Å². The third-order valence-corrected chi connectivity index (χ3v) is 6.85. The number of hydrogen-bond donors (Lipinski definition) is 1. The molecule has 154 valence electrons. The molecule has 3 aliphatic rings. The van der Waals surface area contributed by atoms with Crippen LogP contribution in [0.25, 0.3) is 5.52 Å². The van der Waals surface area contributed by atoms with Crippen molar-refractivity contribution in [3.05, 3.63) is 30.1 Å². The van der Waals surface area contributed by atoms with E-state index >= 15 is 0 Å². The summed E-state index contributed by atoms with van der Waals surface area (Å²) in [6.07, 6.45) is 6.10. The minimum Gasteiger partial charge on any atom is -0.370 e. The monoisotopic (exact) mass is 394 g/mol. The number of piperidine rings is 1. The van der Waals surface area contributed by atoms with Crippen molar-refractivity contribution in [2.24, 2.45) is 5.41 Å². The van der Waals surface area contributed by atoms with E-state index in [1.807, 2.05) is 12.1 Å². The first-order valence-electron chi connectivity index (χ1n) is 10.9. The number of pyridine rings is 1. The molecule has 3 atom stereocenters. The highest BCUT2D eigenvalue weighted by molar-refractivity contribution is 5.74. The molecule has 5 heterocycles. The SMILES string of the molecule is C[C@@H]1CN(c2ccc(C#N)n3nccc23)C[C@H](CN2CCCC3(CCNC3)C2)O1. The van der Waals surface area contributed by atoms with Gasteiger partial charge in [-0.25, -0.2) is 4.52 Å². The molecule has 3 aliphatic heterocycles. The molecule has 0 saturated carbocycles. The van der Waals surface area contributed by atoms with E-state index in [4.69, 9.17) is 4.74 Å². The van der Waals surface area contributed by atoms with Gasteiger partial charge in [-0.3, -0.25) is 0 Å². The van der Waals surface area contributed by atoms with Crippen LogP contribution in [0.15, 0.2) is 24.4 Å². The molecule has 0 amide bonds. The minimum absolute atomic E-state index is 0.180. The van der Waals surface area contributed by atoms with Gasteiger partial charge in [-0.15, -0.1) is 0 Å². The van der Waals surface area contributed by atoms with Crippen molar-refractivity contribution in [3.8, 4) is 6.07 Å². The van der Waals surface area contributed by atoms with Crippen LogP contribution in [0.5, 0.6) is 0 Å². The van der Waals surface area contributed by atoms with Crippen LogP contribution >= 0.6 is 0 Å². The highest BCUT2D eigenvalue weighted by Crippen LogP contribution is 2.36. The van der Waals surface area contributed by atoms with Gasteiger partial charge in [-0.05, 0) is 62.9 Å². The van der Waals surface area contributed by atoms with Crippen LogP contribution in [0.3, 0.4) is 0 Å². The van der Waals surface area contributed by atoms with Gasteiger partial charge < -0.3 is 19.9 Å². The first-order valence-corrected chi connectivity index (χ1v) is 10.9. The number of rotatable bonds is 3. The van der Waals surface area contributed by atoms with E-state index in [0.29, 0.717) is 11.1 Å². The summed E-state index contributed by atoms with van der Waals surface area (Å²) in [5, 5.41) is 17.3. The van der Waals surface area contributed by atoms with Gasteiger partial charge in [0, 0.05) is 32.7 Å². The number of anilines is 1. The first kappa shape index (κ1) is 18.9. The second kappa shape index (κ2) is 7.60. The van der Waals surface area contributed by atoms with Gasteiger partial charge in [-0.2, -0.15) is 10.4 Å². The summed E-state index contributed by atoms with van der Waals surface area (Å²) >= 11 is 0. The molecule has 1 unspecified atom stereocenters. The molecule has 0 aliphatic carbocycles. The molecule has 2 aromatic rings. The number of likely N-dealkylation sites (tertiary alicyclic amines) is 1. The van der Waals surface area contributed by atoms with E-state index in [1.54, 1.807) is 10.7 Å². The molecule has 3 fully saturated rings. The Balaban J connectivity index is 1.32. The van der Waals surface area contributed by atoms with Crippen molar-refractivity contribution in [2.75, 3.05) is 50.7 Å². The van der Waals surface area contributed by atoms with Crippen molar-refractivity contribution < 1.29 is 4.74 Å². The van der Waals surface area contributed by atoms with Crippen molar-refractivity contribution >= 4 is 11.2 Å². The number of nitrogens with one attached hydrogen (secondary N) is 1. The van der Waals surface area contributed by atoms with Crippen molar-refractivity contribution in [1.82, 2.24) is 19.8 Å². The van der Waals surface area contributed by atoms with E-state index in [2.05, 4.69) is 39.3 Å². The summed E-state index contributed by atoms with van der Waals surface area (Å²) in [5.41, 5.74) is 3.17. The number of morpholine rings is 1. The van der Waals surface area contributed by atoms with Crippen LogP contribution in [0, 0.1) is 16.7 Å². The lowest BCUT2D eigenvalue weighted by atomic mass is 9.79. The van der Waals surface area contributed by atoms with Gasteiger partial charge in [0.2, 0.25) is 0 Å². The Bertz CT molecular complexity index is 912. The molecule has 0 aromatic carbocycles. The molecule has 29 heavy (non-hydrogen) atoms. The third-order valence-electron chi connectivity index (χ3n) is 6.85. The van der Waals surface area contributed by atoms with Crippen LogP contribution in [-0.2, 0) is 4.74 Å². The van der Waals surface area contributed by atoms with Gasteiger partial charge >= 0.3 is 0 Å². The number of fused-ring (bicyclic) bond motifs is 1. The molecule has 1 N–H and O–H groups in total. The first-order chi connectivity index (χ1) is 14.2. The third kappa shape index (κ3) is 3.61. The summed E-state index contributed by atoms with van der Waals surface area (Å²) in [7, 11) is 0. The van der Waals surface area contributed by atoms with E-state index < -0.39 is 0 Å². The highest BCUT2D eigenvalue weighted by Gasteiger charge is 2.39. The van der Waals surface area contributed by atoms with Crippen molar-refractivity contribution in [1.29, 1.82) is 5.26 Å². The van der Waals surface area contributed by atoms with Gasteiger partial charge in [-0.1, -0.05) is 0 Å². The van der Waals surface area contributed by atoms with Crippen LogP contribution in [0.2, 0.25) is 0 Å². The average molecular weight is 395 g/mol. The van der Waals surface area contributed by atoms with Gasteiger partial charge in [0.1, 0.15) is 11.8 Å². The molecule has 0 radical (unpaired) electrons. The number of nitriles is 1. The number of nitrogens with zero attached hydrogens (tertiary/aromatic N) is 5. The molecule has 3 saturated heterocycles. The predicted octanol–water partition coefficient (Wildman–Crippen LogP) is 1.88. The second-order valence-corrected chi connectivity index (χ2v) is 9.08. The van der Waals surface area contributed by atoms with Crippen LogP contribution in [-0.4, -0.2) is 72.5 Å². The quantitative estimate of drug-likeness (QED) is 0.857. The zero-order chi connectivity index (χ0) is 19.8. The smallest absolute Gasteiger partial charge is 0.142 e. The Morgan fingerprint density at radius 1 is 1.31 bits per heavy atom. The molecule has 7 heteroatoms. The molecular formula is C22H30N6O. The normalized spacial score (nSPS) is 30.8. The van der Waals surface area contributed by atoms with Gasteiger partial charge in [0.25, 0.3) is 0 Å². The zero-order valence-corrected chi connectivity index (χ0v) is 17.2. The fourth-order valence-electron chi connectivity index (χ4n) is 5.60. The second-order valence-electron chi connectivity index (χ2n) is 9.08. The lowest BCUT2D eigenvalue weighted by Crippen LogP contribution is -2.53. The van der Waals surface area contributed by atoms with E-state index in [0.717, 1.165) is 30.8 Å². The summed E-state index contributed by atoms with van der Waals surface area (Å²) in [4.78, 5) is 5.04. The number of aromatic nitrogens is 2. The Hall–Kier alpha value is -2.14. The molecule has 0 bridgehead atoms. The van der Waals surface area contributed by atoms with E-state index in [9.17, 15) is 5.26 Å². The van der Waals surface area contributed by atoms with E-state index in [-0.39, 0.29) is 12.2 Å². The maximum Gasteiger partial charge on any atom is 0.142 e. The summed E-state index contributed by atoms with van der Waals surface area (Å²) in [6, 6.07) is 8.15. The fourth-order valence-corrected chi connectivity index (χ4v) is 5.60. The average Bonchev–Trinajstić information content (AvgIpc) is 3.37. The molecule has 1 spiro atoms. The van der Waals surface area contributed by atoms with Crippen LogP contribution in [0.4, 0.5) is 5.69 Å². The topological polar surface area (TPSA) is 68.8 Å². The molecule has 7 nitrogen and oxygen atoms in total. The Morgan fingerprint density at radius 3 is 3.07 bits per heavy atom. The fraction of sp³-hybridized carbons (Fsp3) is 0.636. The van der Waals surface area contributed by atoms with Gasteiger partial charge in [0.15, 0.2) is 0 Å². The van der Waals surface area contributed by atoms with E-state index in [1.165, 1.54) is 45.4 Å². The van der Waals surface area contributed by atoms with Crippen molar-refractivity contribution in [3.63, 3.8) is 0 Å². The lowest BCUT2D eigenvalue weighted by molar-refractivity contribution is -0.0424.